The molecule has 1 aliphatic carbocycles. The summed E-state index contributed by atoms with van der Waals surface area (Å²) in [5.74, 6) is -0.611. The quantitative estimate of drug-likeness (QED) is 0.373. The van der Waals surface area contributed by atoms with Crippen LogP contribution in [-0.2, 0) is 24.5 Å². The number of benzene rings is 1. The first-order chi connectivity index (χ1) is 13.1. The summed E-state index contributed by atoms with van der Waals surface area (Å²) in [6.07, 6.45) is 4.18. The van der Waals surface area contributed by atoms with Gasteiger partial charge in [-0.05, 0) is 25.0 Å². The molecule has 4 bridgehead atoms. The Bertz CT molecular complexity index is 929. The number of hydrogen-bond donors (Lipinski definition) is 1. The molecule has 6 nitrogen and oxygen atoms in total. The van der Waals surface area contributed by atoms with Crippen LogP contribution in [0.1, 0.15) is 25.3 Å². The molecule has 0 unspecified atom stereocenters. The van der Waals surface area contributed by atoms with Crippen LogP contribution in [0, 0.1) is 11.3 Å². The van der Waals surface area contributed by atoms with Crippen LogP contribution in [0.2, 0.25) is 0 Å². The number of anilines is 1. The van der Waals surface area contributed by atoms with Gasteiger partial charge >= 0.3 is 5.97 Å². The minimum Gasteiger partial charge on any atom is -0.468 e. The Hall–Kier alpha value is -2.18. The molecule has 6 atom stereocenters. The van der Waals surface area contributed by atoms with Gasteiger partial charge in [-0.15, -0.1) is 0 Å². The van der Waals surface area contributed by atoms with Gasteiger partial charge in [-0.2, -0.15) is 0 Å². The molecule has 0 radical (unpaired) electrons. The molecule has 4 heterocycles. The summed E-state index contributed by atoms with van der Waals surface area (Å²) < 4.78 is 11.9. The Labute approximate surface area is 157 Å². The van der Waals surface area contributed by atoms with Gasteiger partial charge in [0, 0.05) is 24.6 Å². The minimum absolute atomic E-state index is 0.101. The van der Waals surface area contributed by atoms with Crippen molar-refractivity contribution in [3.8, 4) is 0 Å². The molecular weight excluding hydrogens is 344 g/mol. The number of allylic oxidation sites excluding steroid dienone is 1. The monoisotopic (exact) mass is 366 g/mol. The van der Waals surface area contributed by atoms with Crippen LogP contribution in [0.25, 0.3) is 0 Å². The van der Waals surface area contributed by atoms with E-state index in [-0.39, 0.29) is 18.2 Å². The fourth-order valence-corrected chi connectivity index (χ4v) is 7.14. The first kappa shape index (κ1) is 15.8. The van der Waals surface area contributed by atoms with Crippen LogP contribution >= 0.6 is 0 Å². The van der Waals surface area contributed by atoms with Crippen LogP contribution in [0.5, 0.6) is 0 Å². The van der Waals surface area contributed by atoms with Crippen molar-refractivity contribution in [1.82, 2.24) is 4.90 Å². The van der Waals surface area contributed by atoms with Gasteiger partial charge < -0.3 is 19.6 Å². The van der Waals surface area contributed by atoms with Gasteiger partial charge in [0.15, 0.2) is 5.72 Å². The molecule has 3 saturated heterocycles. The van der Waals surface area contributed by atoms with Crippen molar-refractivity contribution < 1.29 is 19.1 Å². The highest BCUT2D eigenvalue weighted by Gasteiger charge is 2.87. The van der Waals surface area contributed by atoms with E-state index in [1.54, 1.807) is 0 Å². The number of fused-ring (bicyclic) bond motifs is 4. The summed E-state index contributed by atoms with van der Waals surface area (Å²) in [4.78, 5) is 28.7. The van der Waals surface area contributed by atoms with Gasteiger partial charge in [0.05, 0.1) is 18.6 Å². The number of methoxy groups -OCH3 is 1. The molecule has 6 heteroatoms. The van der Waals surface area contributed by atoms with E-state index in [0.717, 1.165) is 29.7 Å². The summed E-state index contributed by atoms with van der Waals surface area (Å²) >= 11 is 0. The number of nitrogens with zero attached hydrogens (tertiary/aromatic N) is 1. The SMILES string of the molecule is CC=C1CN2[C@@H]3C[C@@]45c6ccccc6N[C@]4(O3)[C@H]2C[C@H]1[C@@]5(C=O)C(=O)OC. The van der Waals surface area contributed by atoms with Gasteiger partial charge in [0.2, 0.25) is 0 Å². The first-order valence-electron chi connectivity index (χ1n) is 9.60. The lowest BCUT2D eigenvalue weighted by molar-refractivity contribution is -0.182. The van der Waals surface area contributed by atoms with Crippen molar-refractivity contribution in [2.45, 2.75) is 43.2 Å². The minimum atomic E-state index is -1.29. The lowest BCUT2D eigenvalue weighted by Gasteiger charge is -2.63. The Morgan fingerprint density at radius 2 is 2.22 bits per heavy atom. The number of carbonyl (C=O) groups is 2. The second-order valence-electron chi connectivity index (χ2n) is 8.41. The van der Waals surface area contributed by atoms with E-state index >= 15 is 0 Å². The lowest BCUT2D eigenvalue weighted by Crippen LogP contribution is -2.78. The lowest BCUT2D eigenvalue weighted by atomic mass is 9.42. The third kappa shape index (κ3) is 1.32. The number of piperidine rings is 2. The van der Waals surface area contributed by atoms with Crippen molar-refractivity contribution in [3.05, 3.63) is 41.5 Å². The smallest absolute Gasteiger partial charge is 0.320 e. The van der Waals surface area contributed by atoms with Crippen LogP contribution in [-0.4, -0.2) is 48.8 Å². The maximum absolute atomic E-state index is 13.4. The molecule has 1 saturated carbocycles. The summed E-state index contributed by atoms with van der Waals surface area (Å²) in [7, 11) is 1.38. The van der Waals surface area contributed by atoms with E-state index in [2.05, 4.69) is 16.3 Å². The standard InChI is InChI=1S/C21H22N2O4/c1-3-12-10-23-16-8-14(12)19(11-24,18(25)26-2)20-9-17(23)27-21(16,20)22-15-7-5-4-6-13(15)20/h3-7,11,14,16-17,22H,8-10H2,1-2H3/t14-,16-,17+,19+,20+,21+/m1/s1. The maximum atomic E-state index is 13.4. The van der Waals surface area contributed by atoms with Crippen LogP contribution < -0.4 is 5.32 Å². The summed E-state index contributed by atoms with van der Waals surface area (Å²) in [5, 5.41) is 3.63. The summed E-state index contributed by atoms with van der Waals surface area (Å²) in [6.45, 7) is 2.73. The highest BCUT2D eigenvalue weighted by Crippen LogP contribution is 2.75. The number of rotatable bonds is 2. The predicted molar refractivity (Wildman–Crippen MR) is 96.8 cm³/mol. The zero-order valence-electron chi connectivity index (χ0n) is 15.4. The molecule has 0 amide bonds. The van der Waals surface area contributed by atoms with Crippen LogP contribution in [0.4, 0.5) is 5.69 Å². The number of nitrogens with one attached hydrogen (secondary N) is 1. The largest absolute Gasteiger partial charge is 0.468 e. The van der Waals surface area contributed by atoms with Crippen molar-refractivity contribution in [1.29, 1.82) is 0 Å². The number of esters is 1. The highest BCUT2D eigenvalue weighted by atomic mass is 16.6. The normalized spacial score (nSPS) is 46.9. The Balaban J connectivity index is 1.75. The molecule has 5 aliphatic rings. The summed E-state index contributed by atoms with van der Waals surface area (Å²) in [6, 6.07) is 8.15. The molecule has 1 spiro atoms. The van der Waals surface area contributed by atoms with Crippen molar-refractivity contribution in [2.24, 2.45) is 11.3 Å². The second-order valence-corrected chi connectivity index (χ2v) is 8.41. The number of carbonyl (C=O) groups excluding carboxylic acids is 2. The number of aldehydes is 1. The fraction of sp³-hybridized carbons (Fsp3) is 0.524. The molecule has 1 aromatic rings. The van der Waals surface area contributed by atoms with Gasteiger partial charge in [-0.25, -0.2) is 0 Å². The average Bonchev–Trinajstić information content (AvgIpc) is 3.30. The molecule has 6 rings (SSSR count). The molecule has 27 heavy (non-hydrogen) atoms. The number of para-hydroxylation sites is 1. The Morgan fingerprint density at radius 3 is 2.96 bits per heavy atom. The van der Waals surface area contributed by atoms with Gasteiger partial charge in [0.1, 0.15) is 17.9 Å². The van der Waals surface area contributed by atoms with Gasteiger partial charge in [-0.3, -0.25) is 9.69 Å². The van der Waals surface area contributed by atoms with Crippen molar-refractivity contribution in [3.63, 3.8) is 0 Å². The van der Waals surface area contributed by atoms with Crippen LogP contribution in [0.3, 0.4) is 0 Å². The molecule has 4 aliphatic heterocycles. The number of hydrogen-bond acceptors (Lipinski definition) is 6. The highest BCUT2D eigenvalue weighted by molar-refractivity contribution is 5.99. The van der Waals surface area contributed by atoms with E-state index in [9.17, 15) is 9.59 Å². The molecule has 1 aromatic carbocycles. The first-order valence-corrected chi connectivity index (χ1v) is 9.60. The van der Waals surface area contributed by atoms with Crippen molar-refractivity contribution in [2.75, 3.05) is 19.0 Å². The van der Waals surface area contributed by atoms with E-state index in [1.165, 1.54) is 7.11 Å². The third-order valence-electron chi connectivity index (χ3n) is 7.99. The molecule has 4 fully saturated rings. The van der Waals surface area contributed by atoms with E-state index in [4.69, 9.17) is 9.47 Å². The molecular formula is C21H22N2O4. The molecule has 0 aromatic heterocycles. The third-order valence-corrected chi connectivity index (χ3v) is 7.99. The van der Waals surface area contributed by atoms with Gasteiger partial charge in [-0.1, -0.05) is 29.8 Å². The Morgan fingerprint density at radius 1 is 1.41 bits per heavy atom. The van der Waals surface area contributed by atoms with Crippen LogP contribution in [0.15, 0.2) is 35.9 Å². The second kappa shape index (κ2) is 4.62. The van der Waals surface area contributed by atoms with E-state index in [1.807, 2.05) is 31.2 Å². The molecule has 1 N–H and O–H groups in total. The maximum Gasteiger partial charge on any atom is 0.320 e. The zero-order valence-corrected chi connectivity index (χ0v) is 15.4. The Kier molecular flexibility index (Phi) is 2.71. The predicted octanol–water partition coefficient (Wildman–Crippen LogP) is 1.81. The topological polar surface area (TPSA) is 67.9 Å². The van der Waals surface area contributed by atoms with Crippen molar-refractivity contribution >= 4 is 17.9 Å². The van der Waals surface area contributed by atoms with E-state index < -0.39 is 22.5 Å². The van der Waals surface area contributed by atoms with E-state index in [0.29, 0.717) is 12.8 Å². The summed E-state index contributed by atoms with van der Waals surface area (Å²) in [5.41, 5.74) is 0.303. The molecule has 140 valence electrons. The zero-order chi connectivity index (χ0) is 18.6. The number of ether oxygens (including phenoxy) is 2. The fourth-order valence-electron chi connectivity index (χ4n) is 7.14. The van der Waals surface area contributed by atoms with Gasteiger partial charge in [0.25, 0.3) is 0 Å². The average molecular weight is 366 g/mol.